The van der Waals surface area contributed by atoms with Gasteiger partial charge in [0.15, 0.2) is 0 Å². The summed E-state index contributed by atoms with van der Waals surface area (Å²) in [5, 5.41) is 3.51. The first-order valence-corrected chi connectivity index (χ1v) is 7.15. The van der Waals surface area contributed by atoms with Crippen LogP contribution in [0.3, 0.4) is 0 Å². The predicted octanol–water partition coefficient (Wildman–Crippen LogP) is 1.30. The van der Waals surface area contributed by atoms with Crippen LogP contribution in [0.25, 0.3) is 0 Å². The molecule has 1 N–H and O–H groups in total. The van der Waals surface area contributed by atoms with E-state index in [4.69, 9.17) is 0 Å². The SMILES string of the molecule is CN(C)CCCNCCn1cnc2c1CCCC2. The molecule has 0 amide bonds. The number of aryl methyl sites for hydroxylation is 1. The molecule has 0 unspecified atom stereocenters. The van der Waals surface area contributed by atoms with Crippen LogP contribution in [0.1, 0.15) is 30.7 Å². The topological polar surface area (TPSA) is 33.1 Å². The van der Waals surface area contributed by atoms with Crippen LogP contribution in [0.15, 0.2) is 6.33 Å². The molecule has 0 spiro atoms. The van der Waals surface area contributed by atoms with E-state index in [1.807, 2.05) is 6.33 Å². The summed E-state index contributed by atoms with van der Waals surface area (Å²) < 4.78 is 2.34. The molecule has 1 aromatic heterocycles. The molecule has 4 heteroatoms. The van der Waals surface area contributed by atoms with Crippen LogP contribution >= 0.6 is 0 Å². The van der Waals surface area contributed by atoms with E-state index in [-0.39, 0.29) is 0 Å². The second kappa shape index (κ2) is 6.90. The van der Waals surface area contributed by atoms with Crippen LogP contribution in [-0.2, 0) is 19.4 Å². The molecule has 2 rings (SSSR count). The zero-order valence-corrected chi connectivity index (χ0v) is 11.8. The summed E-state index contributed by atoms with van der Waals surface area (Å²) in [6.45, 7) is 4.38. The summed E-state index contributed by atoms with van der Waals surface area (Å²) in [6, 6.07) is 0. The lowest BCUT2D eigenvalue weighted by atomic mass is 10.0. The smallest absolute Gasteiger partial charge is 0.0952 e. The second-order valence-corrected chi connectivity index (χ2v) is 5.45. The second-order valence-electron chi connectivity index (χ2n) is 5.45. The van der Waals surface area contributed by atoms with Crippen LogP contribution in [0.4, 0.5) is 0 Å². The van der Waals surface area contributed by atoms with Gasteiger partial charge in [-0.3, -0.25) is 0 Å². The van der Waals surface area contributed by atoms with Crippen LogP contribution in [0.2, 0.25) is 0 Å². The van der Waals surface area contributed by atoms with Crippen LogP contribution in [0, 0.1) is 0 Å². The lowest BCUT2D eigenvalue weighted by molar-refractivity contribution is 0.393. The van der Waals surface area contributed by atoms with Gasteiger partial charge >= 0.3 is 0 Å². The Kier molecular flexibility index (Phi) is 5.20. The van der Waals surface area contributed by atoms with Gasteiger partial charge in [0, 0.05) is 18.8 Å². The predicted molar refractivity (Wildman–Crippen MR) is 74.9 cm³/mol. The van der Waals surface area contributed by atoms with Crippen LogP contribution in [-0.4, -0.2) is 48.2 Å². The van der Waals surface area contributed by atoms with Gasteiger partial charge in [0.05, 0.1) is 12.0 Å². The van der Waals surface area contributed by atoms with Crippen molar-refractivity contribution in [1.29, 1.82) is 0 Å². The molecule has 18 heavy (non-hydrogen) atoms. The standard InChI is InChI=1S/C14H26N4/c1-17(2)10-5-8-15-9-11-18-12-16-13-6-3-4-7-14(13)18/h12,15H,3-11H2,1-2H3. The highest BCUT2D eigenvalue weighted by atomic mass is 15.1. The number of aromatic nitrogens is 2. The highest BCUT2D eigenvalue weighted by molar-refractivity contribution is 5.16. The molecular formula is C14H26N4. The molecule has 0 saturated carbocycles. The molecule has 1 aromatic rings. The monoisotopic (exact) mass is 250 g/mol. The zero-order chi connectivity index (χ0) is 12.8. The number of nitrogens with one attached hydrogen (secondary N) is 1. The van der Waals surface area contributed by atoms with Gasteiger partial charge in [0.25, 0.3) is 0 Å². The van der Waals surface area contributed by atoms with Crippen molar-refractivity contribution >= 4 is 0 Å². The normalized spacial score (nSPS) is 15.1. The molecule has 102 valence electrons. The first kappa shape index (κ1) is 13.6. The van der Waals surface area contributed by atoms with Crippen molar-refractivity contribution in [2.45, 2.75) is 38.6 Å². The molecular weight excluding hydrogens is 224 g/mol. The molecule has 1 aliphatic carbocycles. The Morgan fingerprint density at radius 1 is 1.28 bits per heavy atom. The minimum Gasteiger partial charge on any atom is -0.333 e. The lowest BCUT2D eigenvalue weighted by Crippen LogP contribution is -2.25. The number of hydrogen-bond donors (Lipinski definition) is 1. The lowest BCUT2D eigenvalue weighted by Gasteiger charge is -2.14. The van der Waals surface area contributed by atoms with Gasteiger partial charge in [0.1, 0.15) is 0 Å². The molecule has 0 aliphatic heterocycles. The Bertz CT molecular complexity index is 357. The molecule has 0 radical (unpaired) electrons. The van der Waals surface area contributed by atoms with E-state index in [1.54, 1.807) is 0 Å². The average molecular weight is 250 g/mol. The van der Waals surface area contributed by atoms with Gasteiger partial charge < -0.3 is 14.8 Å². The van der Waals surface area contributed by atoms with Crippen molar-refractivity contribution in [1.82, 2.24) is 19.8 Å². The van der Waals surface area contributed by atoms with Gasteiger partial charge in [0.2, 0.25) is 0 Å². The third-order valence-electron chi connectivity index (χ3n) is 3.60. The largest absolute Gasteiger partial charge is 0.333 e. The summed E-state index contributed by atoms with van der Waals surface area (Å²) in [4.78, 5) is 6.75. The van der Waals surface area contributed by atoms with Gasteiger partial charge in [-0.1, -0.05) is 0 Å². The van der Waals surface area contributed by atoms with Crippen LogP contribution in [0.5, 0.6) is 0 Å². The van der Waals surface area contributed by atoms with Gasteiger partial charge in [-0.05, 0) is 59.3 Å². The average Bonchev–Trinajstić information content (AvgIpc) is 2.77. The first-order chi connectivity index (χ1) is 8.77. The fraction of sp³-hybridized carbons (Fsp3) is 0.786. The van der Waals surface area contributed by atoms with E-state index in [0.717, 1.165) is 26.2 Å². The molecule has 0 bridgehead atoms. The van der Waals surface area contributed by atoms with E-state index in [2.05, 4.69) is 33.9 Å². The molecule has 1 heterocycles. The molecule has 0 aromatic carbocycles. The van der Waals surface area contributed by atoms with E-state index in [0.29, 0.717) is 0 Å². The Hall–Kier alpha value is -0.870. The van der Waals surface area contributed by atoms with E-state index in [1.165, 1.54) is 43.5 Å². The molecule has 1 aliphatic rings. The summed E-state index contributed by atoms with van der Waals surface area (Å²) >= 11 is 0. The number of fused-ring (bicyclic) bond motifs is 1. The number of nitrogens with zero attached hydrogens (tertiary/aromatic N) is 3. The maximum Gasteiger partial charge on any atom is 0.0952 e. The number of rotatable bonds is 7. The zero-order valence-electron chi connectivity index (χ0n) is 11.8. The van der Waals surface area contributed by atoms with Gasteiger partial charge in [-0.2, -0.15) is 0 Å². The third-order valence-corrected chi connectivity index (χ3v) is 3.60. The summed E-state index contributed by atoms with van der Waals surface area (Å²) in [7, 11) is 4.25. The summed E-state index contributed by atoms with van der Waals surface area (Å²) in [6.07, 6.45) is 8.28. The Labute approximate surface area is 110 Å². The molecule has 0 saturated heterocycles. The fourth-order valence-corrected chi connectivity index (χ4v) is 2.57. The van der Waals surface area contributed by atoms with Crippen molar-refractivity contribution in [3.05, 3.63) is 17.7 Å². The molecule has 0 atom stereocenters. The van der Waals surface area contributed by atoms with Crippen molar-refractivity contribution in [3.8, 4) is 0 Å². The highest BCUT2D eigenvalue weighted by Gasteiger charge is 2.14. The van der Waals surface area contributed by atoms with Crippen molar-refractivity contribution in [2.24, 2.45) is 0 Å². The van der Waals surface area contributed by atoms with Gasteiger partial charge in [-0.25, -0.2) is 4.98 Å². The Morgan fingerprint density at radius 3 is 2.94 bits per heavy atom. The first-order valence-electron chi connectivity index (χ1n) is 7.15. The summed E-state index contributed by atoms with van der Waals surface area (Å²) in [5.41, 5.74) is 2.82. The van der Waals surface area contributed by atoms with E-state index < -0.39 is 0 Å². The Morgan fingerprint density at radius 2 is 2.11 bits per heavy atom. The maximum atomic E-state index is 4.52. The van der Waals surface area contributed by atoms with Crippen LogP contribution < -0.4 is 5.32 Å². The molecule has 4 nitrogen and oxygen atoms in total. The van der Waals surface area contributed by atoms with Crippen molar-refractivity contribution < 1.29 is 0 Å². The fourth-order valence-electron chi connectivity index (χ4n) is 2.57. The minimum atomic E-state index is 1.05. The summed E-state index contributed by atoms with van der Waals surface area (Å²) in [5.74, 6) is 0. The number of imidazole rings is 1. The minimum absolute atomic E-state index is 1.05. The van der Waals surface area contributed by atoms with E-state index >= 15 is 0 Å². The van der Waals surface area contributed by atoms with Gasteiger partial charge in [-0.15, -0.1) is 0 Å². The van der Waals surface area contributed by atoms with E-state index in [9.17, 15) is 0 Å². The maximum absolute atomic E-state index is 4.52. The molecule has 0 fully saturated rings. The van der Waals surface area contributed by atoms with Crippen molar-refractivity contribution in [3.63, 3.8) is 0 Å². The highest BCUT2D eigenvalue weighted by Crippen LogP contribution is 2.19. The number of hydrogen-bond acceptors (Lipinski definition) is 3. The quantitative estimate of drug-likeness (QED) is 0.741. The van der Waals surface area contributed by atoms with Crippen molar-refractivity contribution in [2.75, 3.05) is 33.7 Å². The Balaban J connectivity index is 1.66. The third kappa shape index (κ3) is 3.82.